The van der Waals surface area contributed by atoms with E-state index in [9.17, 15) is 9.90 Å². The van der Waals surface area contributed by atoms with Gasteiger partial charge in [-0.15, -0.1) is 0 Å². The molecule has 2 atom stereocenters. The lowest BCUT2D eigenvalue weighted by Gasteiger charge is -2.18. The maximum Gasteiger partial charge on any atom is 0.309 e. The summed E-state index contributed by atoms with van der Waals surface area (Å²) >= 11 is 0. The van der Waals surface area contributed by atoms with Crippen molar-refractivity contribution in [3.8, 4) is 0 Å². The van der Waals surface area contributed by atoms with Gasteiger partial charge >= 0.3 is 5.97 Å². The molecule has 0 saturated carbocycles. The van der Waals surface area contributed by atoms with Gasteiger partial charge in [-0.2, -0.15) is 0 Å². The van der Waals surface area contributed by atoms with E-state index < -0.39 is 0 Å². The third-order valence-electron chi connectivity index (χ3n) is 2.47. The number of β-amino-alcohol motifs (C(OH)–C–C–N with tert-alkyl or cyclic N) is 1. The molecule has 1 aliphatic heterocycles. The number of aliphatic hydroxyl groups is 1. The molecule has 0 bridgehead atoms. The van der Waals surface area contributed by atoms with E-state index in [4.69, 9.17) is 4.74 Å². The van der Waals surface area contributed by atoms with Gasteiger partial charge in [-0.1, -0.05) is 6.92 Å². The van der Waals surface area contributed by atoms with Crippen LogP contribution in [-0.2, 0) is 9.53 Å². The summed E-state index contributed by atoms with van der Waals surface area (Å²) in [4.78, 5) is 13.4. The van der Waals surface area contributed by atoms with Gasteiger partial charge in [-0.25, -0.2) is 0 Å². The first-order valence-corrected chi connectivity index (χ1v) is 5.20. The molecular weight excluding hydrogens is 182 g/mol. The number of esters is 1. The summed E-state index contributed by atoms with van der Waals surface area (Å²) in [6.07, 6.45) is 0.597. The zero-order chi connectivity index (χ0) is 10.6. The number of hydrogen-bond acceptors (Lipinski definition) is 4. The Morgan fingerprint density at radius 3 is 2.93 bits per heavy atom. The number of ether oxygens (including phenoxy) is 1. The van der Waals surface area contributed by atoms with E-state index in [2.05, 4.69) is 4.90 Å². The van der Waals surface area contributed by atoms with Crippen LogP contribution in [0.25, 0.3) is 0 Å². The Bertz CT molecular complexity index is 196. The molecule has 0 spiro atoms. The molecule has 4 nitrogen and oxygen atoms in total. The molecule has 1 rings (SSSR count). The molecule has 14 heavy (non-hydrogen) atoms. The minimum atomic E-state index is -0.218. The molecule has 0 aromatic heterocycles. The van der Waals surface area contributed by atoms with Crippen molar-refractivity contribution >= 4 is 5.97 Å². The van der Waals surface area contributed by atoms with Crippen LogP contribution in [0.4, 0.5) is 0 Å². The number of rotatable bonds is 4. The summed E-state index contributed by atoms with van der Waals surface area (Å²) in [5.74, 6) is -0.242. The van der Waals surface area contributed by atoms with Crippen molar-refractivity contribution in [3.05, 3.63) is 0 Å². The molecule has 4 heteroatoms. The van der Waals surface area contributed by atoms with E-state index in [0.29, 0.717) is 19.7 Å². The summed E-state index contributed by atoms with van der Waals surface area (Å²) in [6, 6.07) is 0. The third kappa shape index (κ3) is 3.27. The van der Waals surface area contributed by atoms with E-state index in [0.717, 1.165) is 13.0 Å². The number of carbonyl (C=O) groups excluding carboxylic acids is 1. The van der Waals surface area contributed by atoms with Crippen LogP contribution in [0.3, 0.4) is 0 Å². The summed E-state index contributed by atoms with van der Waals surface area (Å²) < 4.78 is 4.91. The molecule has 1 heterocycles. The summed E-state index contributed by atoms with van der Waals surface area (Å²) in [7, 11) is 0. The van der Waals surface area contributed by atoms with Gasteiger partial charge in [-0.3, -0.25) is 9.69 Å². The van der Waals surface area contributed by atoms with Gasteiger partial charge in [0.15, 0.2) is 0 Å². The third-order valence-corrected chi connectivity index (χ3v) is 2.47. The first kappa shape index (κ1) is 11.5. The van der Waals surface area contributed by atoms with Gasteiger partial charge in [0.05, 0.1) is 18.6 Å². The number of hydrogen-bond donors (Lipinski definition) is 1. The standard InChI is InChI=1S/C10H19NO3/c1-3-14-10(13)8(2)6-11-5-4-9(12)7-11/h8-9,12H,3-7H2,1-2H3/t8?,9-/m0/s1. The van der Waals surface area contributed by atoms with Crippen LogP contribution in [0.1, 0.15) is 20.3 Å². The van der Waals surface area contributed by atoms with Gasteiger partial charge in [0, 0.05) is 19.6 Å². The molecule has 0 aromatic carbocycles. The Hall–Kier alpha value is -0.610. The average Bonchev–Trinajstić information content (AvgIpc) is 2.51. The molecule has 82 valence electrons. The Balaban J connectivity index is 2.26. The largest absolute Gasteiger partial charge is 0.466 e. The fraction of sp³-hybridized carbons (Fsp3) is 0.900. The first-order valence-electron chi connectivity index (χ1n) is 5.20. The summed E-state index contributed by atoms with van der Waals surface area (Å²) in [5.41, 5.74) is 0. The molecular formula is C10H19NO3. The highest BCUT2D eigenvalue weighted by molar-refractivity contribution is 5.72. The number of nitrogens with zero attached hydrogens (tertiary/aromatic N) is 1. The monoisotopic (exact) mass is 201 g/mol. The maximum absolute atomic E-state index is 11.3. The zero-order valence-corrected chi connectivity index (χ0v) is 8.90. The number of likely N-dealkylation sites (tertiary alicyclic amines) is 1. The van der Waals surface area contributed by atoms with Gasteiger partial charge in [-0.05, 0) is 13.3 Å². The Morgan fingerprint density at radius 1 is 1.71 bits per heavy atom. The Labute approximate surface area is 84.8 Å². The lowest BCUT2D eigenvalue weighted by Crippen LogP contribution is -2.31. The van der Waals surface area contributed by atoms with Crippen LogP contribution >= 0.6 is 0 Å². The van der Waals surface area contributed by atoms with Crippen LogP contribution in [-0.4, -0.2) is 48.3 Å². The highest BCUT2D eigenvalue weighted by Crippen LogP contribution is 2.11. The molecule has 1 saturated heterocycles. The van der Waals surface area contributed by atoms with Gasteiger partial charge in [0.2, 0.25) is 0 Å². The minimum absolute atomic E-state index is 0.0970. The van der Waals surface area contributed by atoms with Gasteiger partial charge in [0.1, 0.15) is 0 Å². The van der Waals surface area contributed by atoms with Crippen molar-refractivity contribution in [1.82, 2.24) is 4.90 Å². The predicted octanol–water partition coefficient (Wildman–Crippen LogP) is 0.252. The molecule has 1 unspecified atom stereocenters. The van der Waals surface area contributed by atoms with E-state index in [1.807, 2.05) is 13.8 Å². The van der Waals surface area contributed by atoms with E-state index >= 15 is 0 Å². The van der Waals surface area contributed by atoms with Crippen LogP contribution in [0.15, 0.2) is 0 Å². The van der Waals surface area contributed by atoms with Gasteiger partial charge < -0.3 is 9.84 Å². The van der Waals surface area contributed by atoms with Crippen molar-refractivity contribution in [2.45, 2.75) is 26.4 Å². The van der Waals surface area contributed by atoms with Crippen LogP contribution < -0.4 is 0 Å². The SMILES string of the molecule is CCOC(=O)C(C)CN1CC[C@H](O)C1. The number of carbonyl (C=O) groups is 1. The lowest BCUT2D eigenvalue weighted by atomic mass is 10.2. The quantitative estimate of drug-likeness (QED) is 0.662. The lowest BCUT2D eigenvalue weighted by molar-refractivity contribution is -0.147. The molecule has 0 amide bonds. The molecule has 1 N–H and O–H groups in total. The van der Waals surface area contributed by atoms with Crippen molar-refractivity contribution < 1.29 is 14.6 Å². The van der Waals surface area contributed by atoms with E-state index in [-0.39, 0.29) is 18.0 Å². The highest BCUT2D eigenvalue weighted by atomic mass is 16.5. The summed E-state index contributed by atoms with van der Waals surface area (Å²) in [5, 5.41) is 9.30. The molecule has 1 fully saturated rings. The second kappa shape index (κ2) is 5.32. The topological polar surface area (TPSA) is 49.8 Å². The molecule has 0 radical (unpaired) electrons. The van der Waals surface area contributed by atoms with Crippen molar-refractivity contribution in [3.63, 3.8) is 0 Å². The smallest absolute Gasteiger partial charge is 0.309 e. The van der Waals surface area contributed by atoms with Crippen molar-refractivity contribution in [2.24, 2.45) is 5.92 Å². The fourth-order valence-corrected chi connectivity index (χ4v) is 1.72. The first-order chi connectivity index (χ1) is 6.63. The van der Waals surface area contributed by atoms with Crippen molar-refractivity contribution in [1.29, 1.82) is 0 Å². The normalized spacial score (nSPS) is 24.9. The second-order valence-electron chi connectivity index (χ2n) is 3.86. The Kier molecular flexibility index (Phi) is 4.35. The zero-order valence-electron chi connectivity index (χ0n) is 8.90. The number of aliphatic hydroxyl groups excluding tert-OH is 1. The van der Waals surface area contributed by atoms with Crippen LogP contribution in [0.2, 0.25) is 0 Å². The van der Waals surface area contributed by atoms with E-state index in [1.165, 1.54) is 0 Å². The van der Waals surface area contributed by atoms with Crippen LogP contribution in [0, 0.1) is 5.92 Å². The fourth-order valence-electron chi connectivity index (χ4n) is 1.72. The second-order valence-corrected chi connectivity index (χ2v) is 3.86. The molecule has 0 aliphatic carbocycles. The molecule has 0 aromatic rings. The van der Waals surface area contributed by atoms with Gasteiger partial charge in [0.25, 0.3) is 0 Å². The summed E-state index contributed by atoms with van der Waals surface area (Å²) in [6.45, 7) is 6.36. The van der Waals surface area contributed by atoms with Crippen molar-refractivity contribution in [2.75, 3.05) is 26.2 Å². The molecule has 1 aliphatic rings. The average molecular weight is 201 g/mol. The Morgan fingerprint density at radius 2 is 2.43 bits per heavy atom. The van der Waals surface area contributed by atoms with E-state index in [1.54, 1.807) is 0 Å². The predicted molar refractivity (Wildman–Crippen MR) is 52.9 cm³/mol. The van der Waals surface area contributed by atoms with Crippen LogP contribution in [0.5, 0.6) is 0 Å². The minimum Gasteiger partial charge on any atom is -0.466 e. The highest BCUT2D eigenvalue weighted by Gasteiger charge is 2.24. The maximum atomic E-state index is 11.3.